The number of carboxylic acids is 1. The quantitative estimate of drug-likeness (QED) is 0.0200. The normalized spacial score (nSPS) is 16.7. The van der Waals surface area contributed by atoms with Crippen LogP contribution < -0.4 is 16.4 Å². The van der Waals surface area contributed by atoms with E-state index in [4.69, 9.17) is 10.5 Å². The Bertz CT molecular complexity index is 3170. The fraction of sp³-hybridized carbons (Fsp3) is 0.667. The van der Waals surface area contributed by atoms with Gasteiger partial charge in [-0.25, -0.2) is 9.97 Å². The molecule has 10 atom stereocenters. The first-order chi connectivity index (χ1) is 46.8. The van der Waals surface area contributed by atoms with Crippen molar-refractivity contribution in [2.75, 3.05) is 26.7 Å². The number of ketones is 3. The Morgan fingerprint density at radius 3 is 1.96 bits per heavy atom. The first kappa shape index (κ1) is 87.9. The summed E-state index contributed by atoms with van der Waals surface area (Å²) in [4.78, 5) is 158. The summed E-state index contributed by atoms with van der Waals surface area (Å²) in [6, 6.07) is 4.84. The summed E-state index contributed by atoms with van der Waals surface area (Å²) in [5.74, 6) is -6.02. The van der Waals surface area contributed by atoms with E-state index in [9.17, 15) is 63.0 Å². The van der Waals surface area contributed by atoms with E-state index in [1.54, 1.807) is 47.9 Å². The molecule has 0 aliphatic carbocycles. The number of carbonyl (C=O) groups is 11. The van der Waals surface area contributed by atoms with E-state index >= 15 is 0 Å². The van der Waals surface area contributed by atoms with Crippen molar-refractivity contribution in [2.45, 2.75) is 254 Å². The van der Waals surface area contributed by atoms with Crippen LogP contribution in [-0.4, -0.2) is 150 Å². The van der Waals surface area contributed by atoms with Gasteiger partial charge in [0.15, 0.2) is 17.7 Å². The van der Waals surface area contributed by atoms with Crippen LogP contribution in [0.25, 0.3) is 0 Å². The molecule has 2 aromatic heterocycles. The molecule has 0 unspecified atom stereocenters. The number of nitrogens with zero attached hydrogens (tertiary/aromatic N) is 5. The van der Waals surface area contributed by atoms with Gasteiger partial charge in [0, 0.05) is 124 Å². The molecule has 5 rings (SSSR count). The van der Waals surface area contributed by atoms with Crippen LogP contribution in [0, 0.1) is 41.4 Å². The fourth-order valence-electron chi connectivity index (χ4n) is 12.5. The number of amides is 6. The Kier molecular flexibility index (Phi) is 38.9. The number of thiazole rings is 2. The molecule has 1 aromatic carbocycles. The molecule has 1 radical (unpaired) electrons. The topological polar surface area (TPSA) is 323 Å². The van der Waals surface area contributed by atoms with Crippen molar-refractivity contribution in [3.63, 3.8) is 0 Å². The van der Waals surface area contributed by atoms with Crippen molar-refractivity contribution in [1.29, 1.82) is 0 Å². The summed E-state index contributed by atoms with van der Waals surface area (Å²) in [5, 5.41) is 30.4. The number of esters is 1. The minimum absolute atomic E-state index is 0. The van der Waals surface area contributed by atoms with E-state index in [0.717, 1.165) is 58.3 Å². The van der Waals surface area contributed by atoms with Crippen molar-refractivity contribution in [1.82, 2.24) is 35.3 Å². The van der Waals surface area contributed by atoms with Crippen LogP contribution in [0.3, 0.4) is 0 Å². The van der Waals surface area contributed by atoms with E-state index in [0.29, 0.717) is 68.0 Å². The van der Waals surface area contributed by atoms with Gasteiger partial charge in [0.25, 0.3) is 17.7 Å². The zero-order valence-electron chi connectivity index (χ0n) is 61.6. The number of piperidine rings is 1. The number of carboxylic acid groups (broad SMARTS) is 1. The maximum atomic E-state index is 14.9. The molecule has 6 amide bonds. The summed E-state index contributed by atoms with van der Waals surface area (Å²) >= 11 is 2.69. The number of imide groups is 1. The van der Waals surface area contributed by atoms with Crippen LogP contribution >= 0.6 is 22.7 Å². The Labute approximate surface area is 613 Å². The number of rotatable bonds is 43. The van der Waals surface area contributed by atoms with Crippen molar-refractivity contribution in [3.8, 4) is 0 Å². The van der Waals surface area contributed by atoms with Crippen LogP contribution in [0.5, 0.6) is 0 Å². The van der Waals surface area contributed by atoms with Gasteiger partial charge in [0.2, 0.25) is 17.7 Å². The minimum Gasteiger partial charge on any atom is -0.481 e. The second-order valence-electron chi connectivity index (χ2n) is 28.5. The minimum atomic E-state index is -1.05. The molecule has 555 valence electrons. The Morgan fingerprint density at radius 1 is 0.760 bits per heavy atom. The number of aromatic nitrogens is 2. The third kappa shape index (κ3) is 28.8. The summed E-state index contributed by atoms with van der Waals surface area (Å²) < 4.78 is 5.93. The van der Waals surface area contributed by atoms with Crippen LogP contribution in [0.2, 0.25) is 0 Å². The third-order valence-electron chi connectivity index (χ3n) is 18.9. The average Bonchev–Trinajstić information content (AvgIpc) is 1.07. The first-order valence-electron chi connectivity index (χ1n) is 35.8. The number of unbranched alkanes of at least 4 members (excludes halogenated alkanes) is 3. The van der Waals surface area contributed by atoms with Crippen molar-refractivity contribution in [2.24, 2.45) is 47.2 Å². The second kappa shape index (κ2) is 44.3. The molecule has 2 aliphatic heterocycles. The molecule has 4 heterocycles. The fourth-order valence-corrected chi connectivity index (χ4v) is 14.4. The number of nitrogens with two attached hydrogens (primary N) is 1. The summed E-state index contributed by atoms with van der Waals surface area (Å²) in [6.45, 7) is 26.3. The number of likely N-dealkylation sites (N-methyl/N-ethyl adjacent to an activating group) is 1. The number of Topliss-reactive ketones (excluding diaryl/α,β-unsaturated/α-hetero) is 3. The molecular formula is C75H114N8O14S2V. The average molecular weight is 1470 g/mol. The molecule has 0 saturated carbocycles. The number of hydrogen-bond acceptors (Lipinski definition) is 18. The van der Waals surface area contributed by atoms with Gasteiger partial charge in [-0.15, -0.1) is 22.7 Å². The van der Waals surface area contributed by atoms with E-state index in [1.807, 2.05) is 79.6 Å². The van der Waals surface area contributed by atoms with Gasteiger partial charge in [-0.05, 0) is 112 Å². The number of primary amides is 1. The van der Waals surface area contributed by atoms with Gasteiger partial charge < -0.3 is 36.2 Å². The molecule has 6 N–H and O–H groups in total. The number of aliphatic carboxylic acids is 1. The zero-order valence-corrected chi connectivity index (χ0v) is 64.7. The van der Waals surface area contributed by atoms with Gasteiger partial charge in [-0.3, -0.25) is 62.5 Å². The zero-order chi connectivity index (χ0) is 73.8. The molecule has 1 fully saturated rings. The van der Waals surface area contributed by atoms with Crippen LogP contribution in [0.1, 0.15) is 255 Å². The number of benzene rings is 1. The van der Waals surface area contributed by atoms with Gasteiger partial charge >= 0.3 is 11.9 Å². The van der Waals surface area contributed by atoms with Gasteiger partial charge in [0.1, 0.15) is 27.6 Å². The van der Waals surface area contributed by atoms with Gasteiger partial charge in [-0.2, -0.15) is 0 Å². The van der Waals surface area contributed by atoms with Crippen molar-refractivity contribution < 1.29 is 86.2 Å². The van der Waals surface area contributed by atoms with Gasteiger partial charge in [-0.1, -0.05) is 133 Å². The predicted molar refractivity (Wildman–Crippen MR) is 384 cm³/mol. The number of aliphatic hydroxyl groups excluding tert-OH is 1. The summed E-state index contributed by atoms with van der Waals surface area (Å²) in [6.07, 6.45) is 8.88. The molecule has 22 nitrogen and oxygen atoms in total. The molecule has 25 heteroatoms. The Hall–Kier alpha value is -6.31. The standard InChI is InChI=1S/C65H97N7O13S.C10H17NOS.V/c1-11-30-71(64(82)50(42(7)12-2)37-56(76)53-22-17-19-31-70(53)10)54(41(5)6)38-57(85-44(9)73)63-69-52(39-86-63)62(81)67-47(33-43(8)65(83)84)34-45-24-26-46(27-25-45)35-55(75)51(21-15-16-23-58(66)77)68-61(80)49(40(3)4)36-48(74)20-14-13-18-32-72-59(78)28-29-60(72)79;1-6(2)8-5-13-10(11-8)9(12)7(3)4;/h24-29,39-43,47,49-51,53-54,57H,11-23,30-38H2,1-10H3,(H2,66,77)(H,67,81)(H,68,80)(H,83,84);5-7,9,12H,1-4H3;/t42-,43-,47+,49-,50-,51-,53+,54+,57+;9-;/m01./s1. The monoisotopic (exact) mass is 1470 g/mol. The van der Waals surface area contributed by atoms with Crippen LogP contribution in [-0.2, 0) is 84.1 Å². The summed E-state index contributed by atoms with van der Waals surface area (Å²) in [5.41, 5.74) is 7.87. The van der Waals surface area contributed by atoms with E-state index in [2.05, 4.69) is 39.3 Å². The number of hydrogen-bond donors (Lipinski definition) is 5. The smallest absolute Gasteiger partial charge is 0.306 e. The summed E-state index contributed by atoms with van der Waals surface area (Å²) in [7, 11) is 1.97. The molecule has 100 heavy (non-hydrogen) atoms. The number of likely N-dealkylation sites (tertiary alicyclic amines) is 1. The van der Waals surface area contributed by atoms with Gasteiger partial charge in [0.05, 0.1) is 23.7 Å². The predicted octanol–water partition coefficient (Wildman–Crippen LogP) is 11.3. The molecule has 1 saturated heterocycles. The molecular weight excluding hydrogens is 1350 g/mol. The van der Waals surface area contributed by atoms with Crippen molar-refractivity contribution >= 4 is 87.4 Å². The maximum Gasteiger partial charge on any atom is 0.306 e. The maximum absolute atomic E-state index is 14.9. The number of carbonyl (C=O) groups excluding carboxylic acids is 10. The molecule has 0 spiro atoms. The second-order valence-corrected chi connectivity index (χ2v) is 30.3. The number of nitrogens with one attached hydrogen (secondary N) is 2. The number of aliphatic hydroxyl groups is 1. The first-order valence-corrected chi connectivity index (χ1v) is 37.6. The van der Waals surface area contributed by atoms with E-state index in [-0.39, 0.29) is 153 Å². The molecule has 0 bridgehead atoms. The van der Waals surface area contributed by atoms with E-state index in [1.165, 1.54) is 19.1 Å². The SMILES string of the molecule is CC(C)c1csc([C@H](O)C(C)C)n1.CCCN(C(=O)[C@@H](CC(=O)[C@H]1CCCCN1C)[C@@H](C)CC)[C@H](C[C@@H](OC(C)=O)c1nc(C(=O)N[C@@H](Cc2ccc(CC(=O)[C@H](CCCCC(N)=O)NC(=O)[C@@H](CC(=O)CCCCCN3C(=O)C=CC3=O)C(C)C)cc2)C[C@H](C)C(=O)O)cs1)C(C)C.[V]. The van der Waals surface area contributed by atoms with E-state index < -0.39 is 77.7 Å². The van der Waals surface area contributed by atoms with Crippen LogP contribution in [0.4, 0.5) is 0 Å². The third-order valence-corrected chi connectivity index (χ3v) is 20.8. The number of ether oxygens (including phenoxy) is 1. The molecule has 3 aromatic rings. The largest absolute Gasteiger partial charge is 0.481 e. The molecule has 2 aliphatic rings. The Balaban J connectivity index is 0.00000166. The van der Waals surface area contributed by atoms with Crippen LogP contribution in [0.15, 0.2) is 47.2 Å². The van der Waals surface area contributed by atoms with Crippen molar-refractivity contribution in [3.05, 3.63) is 79.7 Å². The Morgan fingerprint density at radius 2 is 1.40 bits per heavy atom.